The zero-order valence-electron chi connectivity index (χ0n) is 16.3. The number of carbonyl (C=O) groups excluding carboxylic acids is 2. The minimum Gasteiger partial charge on any atom is -0.376 e. The van der Waals surface area contributed by atoms with E-state index in [1.165, 1.54) is 12.1 Å². The lowest BCUT2D eigenvalue weighted by Crippen LogP contribution is -2.44. The van der Waals surface area contributed by atoms with Crippen molar-refractivity contribution in [2.24, 2.45) is 0 Å². The average Bonchev–Trinajstić information content (AvgIpc) is 3.49. The third-order valence-corrected chi connectivity index (χ3v) is 6.00. The average molecular weight is 417 g/mol. The van der Waals surface area contributed by atoms with Gasteiger partial charge < -0.3 is 5.32 Å². The predicted molar refractivity (Wildman–Crippen MR) is 110 cm³/mol. The van der Waals surface area contributed by atoms with E-state index in [0.29, 0.717) is 5.56 Å². The lowest BCUT2D eigenvalue weighted by atomic mass is 10.1. The molecule has 8 nitrogen and oxygen atoms in total. The molecule has 0 saturated heterocycles. The van der Waals surface area contributed by atoms with E-state index in [0.717, 1.165) is 24.1 Å². The first kappa shape index (κ1) is 20.8. The SMILES string of the molecule is Cc1ccc(NCC(=O)NNC(=O)c2cc(S(=O)(=O)NC3CC3)ccc2C)cc1. The first-order valence-electron chi connectivity index (χ1n) is 9.27. The van der Waals surface area contributed by atoms with Crippen LogP contribution in [0.15, 0.2) is 47.4 Å². The highest BCUT2D eigenvalue weighted by Crippen LogP contribution is 2.23. The Morgan fingerprint density at radius 3 is 2.34 bits per heavy atom. The maximum atomic E-state index is 12.4. The summed E-state index contributed by atoms with van der Waals surface area (Å²) < 4.78 is 27.3. The minimum absolute atomic E-state index is 0.0208. The fraction of sp³-hybridized carbons (Fsp3) is 0.300. The number of aryl methyl sites for hydroxylation is 2. The van der Waals surface area contributed by atoms with Gasteiger partial charge in [-0.25, -0.2) is 13.1 Å². The van der Waals surface area contributed by atoms with E-state index in [1.54, 1.807) is 13.0 Å². The number of rotatable bonds is 7. The van der Waals surface area contributed by atoms with E-state index in [-0.39, 0.29) is 23.0 Å². The molecule has 0 atom stereocenters. The molecule has 3 rings (SSSR count). The highest BCUT2D eigenvalue weighted by atomic mass is 32.2. The molecule has 2 amide bonds. The molecule has 0 heterocycles. The normalized spacial score (nSPS) is 13.6. The Morgan fingerprint density at radius 2 is 1.69 bits per heavy atom. The van der Waals surface area contributed by atoms with Gasteiger partial charge in [0.15, 0.2) is 0 Å². The van der Waals surface area contributed by atoms with Crippen LogP contribution in [0, 0.1) is 13.8 Å². The van der Waals surface area contributed by atoms with Gasteiger partial charge in [0.25, 0.3) is 11.8 Å². The summed E-state index contributed by atoms with van der Waals surface area (Å²) >= 11 is 0. The van der Waals surface area contributed by atoms with Gasteiger partial charge in [-0.2, -0.15) is 0 Å². The second kappa shape index (κ2) is 8.62. The van der Waals surface area contributed by atoms with Gasteiger partial charge in [0, 0.05) is 17.3 Å². The minimum atomic E-state index is -3.67. The number of amides is 2. The van der Waals surface area contributed by atoms with Crippen LogP contribution >= 0.6 is 0 Å². The Bertz CT molecular complexity index is 1020. The summed E-state index contributed by atoms with van der Waals surface area (Å²) in [4.78, 5) is 24.4. The van der Waals surface area contributed by atoms with E-state index in [4.69, 9.17) is 0 Å². The zero-order chi connectivity index (χ0) is 21.0. The van der Waals surface area contributed by atoms with Crippen molar-refractivity contribution in [2.75, 3.05) is 11.9 Å². The summed E-state index contributed by atoms with van der Waals surface area (Å²) in [6, 6.07) is 11.9. The van der Waals surface area contributed by atoms with Gasteiger partial charge >= 0.3 is 0 Å². The van der Waals surface area contributed by atoms with Crippen molar-refractivity contribution >= 4 is 27.5 Å². The molecule has 4 N–H and O–H groups in total. The molecule has 1 aliphatic carbocycles. The number of carbonyl (C=O) groups is 2. The summed E-state index contributed by atoms with van der Waals surface area (Å²) in [6.07, 6.45) is 1.64. The number of hydrazine groups is 1. The molecule has 154 valence electrons. The van der Waals surface area contributed by atoms with E-state index < -0.39 is 21.8 Å². The van der Waals surface area contributed by atoms with Gasteiger partial charge in [0.2, 0.25) is 10.0 Å². The predicted octanol–water partition coefficient (Wildman–Crippen LogP) is 1.62. The standard InChI is InChI=1S/C20H24N4O4S/c1-13-3-6-15(7-4-13)21-12-19(25)22-23-20(26)18-11-17(10-5-14(18)2)29(27,28)24-16-8-9-16/h3-7,10-11,16,21,24H,8-9,12H2,1-2H3,(H,22,25)(H,23,26). The molecule has 0 radical (unpaired) electrons. The number of benzene rings is 2. The lowest BCUT2D eigenvalue weighted by molar-refractivity contribution is -0.120. The van der Waals surface area contributed by atoms with Gasteiger partial charge in [-0.15, -0.1) is 0 Å². The first-order valence-corrected chi connectivity index (χ1v) is 10.8. The Labute approximate surface area is 170 Å². The van der Waals surface area contributed by atoms with Crippen molar-refractivity contribution in [3.05, 3.63) is 59.2 Å². The van der Waals surface area contributed by atoms with Gasteiger partial charge in [-0.3, -0.25) is 20.4 Å². The monoisotopic (exact) mass is 416 g/mol. The maximum Gasteiger partial charge on any atom is 0.269 e. The third kappa shape index (κ3) is 5.78. The van der Waals surface area contributed by atoms with Crippen LogP contribution in [0.4, 0.5) is 5.69 Å². The van der Waals surface area contributed by atoms with Crippen molar-refractivity contribution in [2.45, 2.75) is 37.6 Å². The largest absolute Gasteiger partial charge is 0.376 e. The molecule has 0 spiro atoms. The van der Waals surface area contributed by atoms with Gasteiger partial charge in [0.1, 0.15) is 0 Å². The molecule has 29 heavy (non-hydrogen) atoms. The van der Waals surface area contributed by atoms with Crippen molar-refractivity contribution in [3.8, 4) is 0 Å². The van der Waals surface area contributed by atoms with E-state index in [1.807, 2.05) is 31.2 Å². The van der Waals surface area contributed by atoms with Crippen molar-refractivity contribution in [3.63, 3.8) is 0 Å². The van der Waals surface area contributed by atoms with Gasteiger partial charge in [0.05, 0.1) is 11.4 Å². The number of anilines is 1. The van der Waals surface area contributed by atoms with Crippen LogP contribution in [0.3, 0.4) is 0 Å². The Morgan fingerprint density at radius 1 is 1.00 bits per heavy atom. The number of hydrogen-bond acceptors (Lipinski definition) is 5. The summed E-state index contributed by atoms with van der Waals surface area (Å²) in [5.41, 5.74) is 7.32. The molecule has 2 aromatic rings. The molecule has 0 unspecified atom stereocenters. The van der Waals surface area contributed by atoms with Crippen molar-refractivity contribution < 1.29 is 18.0 Å². The van der Waals surface area contributed by atoms with Crippen LogP contribution in [-0.2, 0) is 14.8 Å². The second-order valence-electron chi connectivity index (χ2n) is 7.09. The van der Waals surface area contributed by atoms with Crippen LogP contribution in [0.5, 0.6) is 0 Å². The highest BCUT2D eigenvalue weighted by molar-refractivity contribution is 7.89. The van der Waals surface area contributed by atoms with Crippen LogP contribution in [0.2, 0.25) is 0 Å². The van der Waals surface area contributed by atoms with Crippen LogP contribution < -0.4 is 20.9 Å². The summed E-state index contributed by atoms with van der Waals surface area (Å²) in [6.45, 7) is 3.64. The summed E-state index contributed by atoms with van der Waals surface area (Å²) in [5, 5.41) is 2.95. The molecule has 0 bridgehead atoms. The summed E-state index contributed by atoms with van der Waals surface area (Å²) in [5.74, 6) is -1.02. The van der Waals surface area contributed by atoms with Gasteiger partial charge in [-0.1, -0.05) is 23.8 Å². The Balaban J connectivity index is 1.57. The molecule has 0 aliphatic heterocycles. The molecule has 9 heteroatoms. The smallest absolute Gasteiger partial charge is 0.269 e. The molecule has 0 aromatic heterocycles. The third-order valence-electron chi connectivity index (χ3n) is 4.48. The molecular formula is C20H24N4O4S. The topological polar surface area (TPSA) is 116 Å². The highest BCUT2D eigenvalue weighted by Gasteiger charge is 2.28. The second-order valence-corrected chi connectivity index (χ2v) is 8.81. The van der Waals surface area contributed by atoms with E-state index in [2.05, 4.69) is 20.9 Å². The molecule has 2 aromatic carbocycles. The number of hydrogen-bond donors (Lipinski definition) is 4. The Kier molecular flexibility index (Phi) is 6.19. The van der Waals surface area contributed by atoms with Crippen molar-refractivity contribution in [1.29, 1.82) is 0 Å². The zero-order valence-corrected chi connectivity index (χ0v) is 17.1. The first-order chi connectivity index (χ1) is 13.7. The Hall–Kier alpha value is -2.91. The molecule has 1 aliphatic rings. The van der Waals surface area contributed by atoms with Gasteiger partial charge in [-0.05, 0) is 56.5 Å². The molecule has 1 fully saturated rings. The number of nitrogens with one attached hydrogen (secondary N) is 4. The van der Waals surface area contributed by atoms with Crippen LogP contribution in [0.25, 0.3) is 0 Å². The number of sulfonamides is 1. The molecule has 1 saturated carbocycles. The van der Waals surface area contributed by atoms with Crippen LogP contribution in [-0.4, -0.2) is 32.8 Å². The molecular weight excluding hydrogens is 392 g/mol. The van der Waals surface area contributed by atoms with E-state index in [9.17, 15) is 18.0 Å². The van der Waals surface area contributed by atoms with Crippen LogP contribution in [0.1, 0.15) is 34.3 Å². The fourth-order valence-corrected chi connectivity index (χ4v) is 3.92. The fourth-order valence-electron chi connectivity index (χ4n) is 2.59. The quantitative estimate of drug-likeness (QED) is 0.512. The maximum absolute atomic E-state index is 12.4. The van der Waals surface area contributed by atoms with E-state index >= 15 is 0 Å². The van der Waals surface area contributed by atoms with Crippen molar-refractivity contribution in [1.82, 2.24) is 15.6 Å². The lowest BCUT2D eigenvalue weighted by Gasteiger charge is -2.12. The summed E-state index contributed by atoms with van der Waals surface area (Å²) in [7, 11) is -3.67.